The Kier molecular flexibility index (Phi) is 3.61. The van der Waals surface area contributed by atoms with Gasteiger partial charge in [-0.1, -0.05) is 30.3 Å². The van der Waals surface area contributed by atoms with E-state index < -0.39 is 9.84 Å². The second-order valence-electron chi connectivity index (χ2n) is 6.72. The molecule has 1 fully saturated rings. The van der Waals surface area contributed by atoms with Gasteiger partial charge in [-0.15, -0.1) is 0 Å². The first-order chi connectivity index (χ1) is 13.1. The monoisotopic (exact) mass is 379 g/mol. The Bertz CT molecular complexity index is 1230. The highest BCUT2D eigenvalue weighted by molar-refractivity contribution is 7.91. The van der Waals surface area contributed by atoms with Gasteiger partial charge in [0.25, 0.3) is 0 Å². The zero-order chi connectivity index (χ0) is 18.4. The first-order valence-corrected chi connectivity index (χ1v) is 10.6. The summed E-state index contributed by atoms with van der Waals surface area (Å²) in [4.78, 5) is 9.11. The Labute approximate surface area is 156 Å². The van der Waals surface area contributed by atoms with Crippen molar-refractivity contribution in [2.24, 2.45) is 0 Å². The molecule has 4 heterocycles. The standard InChI is InChI=1S/C19H17N5O2S/c25-27(26)10-7-15(12-27)23-13-21-17(14-5-2-1-3-6-14)18(23)16-11-22-24-9-4-8-20-19(16)24/h1-6,8-9,11,13,15H,7,10,12H2/t15-/m0/s1. The number of hydrogen-bond acceptors (Lipinski definition) is 5. The van der Waals surface area contributed by atoms with Gasteiger partial charge < -0.3 is 4.57 Å². The summed E-state index contributed by atoms with van der Waals surface area (Å²) in [7, 11) is -3.01. The second kappa shape index (κ2) is 6.02. The molecule has 1 aromatic carbocycles. The Balaban J connectivity index is 1.75. The third-order valence-corrected chi connectivity index (χ3v) is 6.73. The van der Waals surface area contributed by atoms with Crippen molar-refractivity contribution < 1.29 is 8.42 Å². The summed E-state index contributed by atoms with van der Waals surface area (Å²) in [6.45, 7) is 0. The van der Waals surface area contributed by atoms with Gasteiger partial charge >= 0.3 is 0 Å². The molecule has 1 atom stereocenters. The molecule has 0 spiro atoms. The van der Waals surface area contributed by atoms with Gasteiger partial charge in [0.15, 0.2) is 15.5 Å². The number of imidazole rings is 1. The molecule has 1 aliphatic rings. The van der Waals surface area contributed by atoms with E-state index in [9.17, 15) is 8.42 Å². The van der Waals surface area contributed by atoms with Crippen LogP contribution in [0.1, 0.15) is 12.5 Å². The van der Waals surface area contributed by atoms with Gasteiger partial charge in [0.2, 0.25) is 0 Å². The molecule has 0 radical (unpaired) electrons. The van der Waals surface area contributed by atoms with Gasteiger partial charge in [-0.2, -0.15) is 5.10 Å². The number of benzene rings is 1. The van der Waals surface area contributed by atoms with Crippen LogP contribution in [0.25, 0.3) is 28.2 Å². The number of fused-ring (bicyclic) bond motifs is 1. The van der Waals surface area contributed by atoms with Crippen LogP contribution in [0.2, 0.25) is 0 Å². The van der Waals surface area contributed by atoms with Gasteiger partial charge in [-0.05, 0) is 12.5 Å². The van der Waals surface area contributed by atoms with Gasteiger partial charge in [-0.3, -0.25) is 0 Å². The molecule has 7 nitrogen and oxygen atoms in total. The minimum Gasteiger partial charge on any atom is -0.326 e. The summed E-state index contributed by atoms with van der Waals surface area (Å²) < 4.78 is 27.8. The highest BCUT2D eigenvalue weighted by Gasteiger charge is 2.32. The third-order valence-electron chi connectivity index (χ3n) is 4.98. The molecule has 0 saturated carbocycles. The Morgan fingerprint density at radius 3 is 2.70 bits per heavy atom. The van der Waals surface area contributed by atoms with E-state index in [1.54, 1.807) is 23.2 Å². The summed E-state index contributed by atoms with van der Waals surface area (Å²) in [6.07, 6.45) is 7.67. The molecule has 1 aliphatic heterocycles. The molecule has 1 saturated heterocycles. The Hall–Kier alpha value is -3.00. The number of rotatable bonds is 3. The quantitative estimate of drug-likeness (QED) is 0.546. The van der Waals surface area contributed by atoms with Gasteiger partial charge in [-0.25, -0.2) is 22.9 Å². The number of aromatic nitrogens is 5. The second-order valence-corrected chi connectivity index (χ2v) is 8.95. The zero-order valence-electron chi connectivity index (χ0n) is 14.4. The minimum atomic E-state index is -3.01. The first-order valence-electron chi connectivity index (χ1n) is 8.74. The van der Waals surface area contributed by atoms with Crippen molar-refractivity contribution in [3.05, 3.63) is 61.3 Å². The SMILES string of the molecule is O=S1(=O)CC[C@H](n2cnc(-c3ccccc3)c2-c2cnn3cccnc23)C1. The summed E-state index contributed by atoms with van der Waals surface area (Å²) in [5, 5.41) is 4.40. The van der Waals surface area contributed by atoms with Crippen molar-refractivity contribution in [1.82, 2.24) is 24.1 Å². The summed E-state index contributed by atoms with van der Waals surface area (Å²) in [5.41, 5.74) is 4.20. The van der Waals surface area contributed by atoms with Crippen LogP contribution in [-0.4, -0.2) is 44.1 Å². The van der Waals surface area contributed by atoms with E-state index in [1.807, 2.05) is 47.2 Å². The topological polar surface area (TPSA) is 82.1 Å². The molecule has 3 aromatic heterocycles. The highest BCUT2D eigenvalue weighted by atomic mass is 32.2. The molecular weight excluding hydrogens is 362 g/mol. The van der Waals surface area contributed by atoms with E-state index in [1.165, 1.54) is 0 Å². The van der Waals surface area contributed by atoms with Crippen molar-refractivity contribution in [3.8, 4) is 22.5 Å². The van der Waals surface area contributed by atoms with E-state index in [2.05, 4.69) is 15.1 Å². The number of hydrogen-bond donors (Lipinski definition) is 0. The van der Waals surface area contributed by atoms with Crippen molar-refractivity contribution in [2.45, 2.75) is 12.5 Å². The molecule has 27 heavy (non-hydrogen) atoms. The van der Waals surface area contributed by atoms with Gasteiger partial charge in [0, 0.05) is 18.0 Å². The lowest BCUT2D eigenvalue weighted by atomic mass is 10.1. The maximum absolute atomic E-state index is 12.0. The molecule has 8 heteroatoms. The molecule has 0 amide bonds. The van der Waals surface area contributed by atoms with Crippen LogP contribution in [0.15, 0.2) is 61.3 Å². The van der Waals surface area contributed by atoms with Crippen molar-refractivity contribution in [2.75, 3.05) is 11.5 Å². The van der Waals surface area contributed by atoms with Crippen LogP contribution in [0, 0.1) is 0 Å². The molecule has 4 aromatic rings. The van der Waals surface area contributed by atoms with Crippen LogP contribution in [0.4, 0.5) is 0 Å². The predicted octanol–water partition coefficient (Wildman–Crippen LogP) is 2.62. The van der Waals surface area contributed by atoms with Crippen molar-refractivity contribution in [1.29, 1.82) is 0 Å². The largest absolute Gasteiger partial charge is 0.326 e. The summed E-state index contributed by atoms with van der Waals surface area (Å²) in [6, 6.07) is 11.6. The highest BCUT2D eigenvalue weighted by Crippen LogP contribution is 2.37. The Morgan fingerprint density at radius 1 is 1.07 bits per heavy atom. The average Bonchev–Trinajstić information content (AvgIpc) is 3.38. The van der Waals surface area contributed by atoms with Crippen LogP contribution >= 0.6 is 0 Å². The zero-order valence-corrected chi connectivity index (χ0v) is 15.2. The number of sulfone groups is 1. The van der Waals surface area contributed by atoms with Crippen LogP contribution in [0.5, 0.6) is 0 Å². The Morgan fingerprint density at radius 2 is 1.93 bits per heavy atom. The lowest BCUT2D eigenvalue weighted by Gasteiger charge is -2.14. The fraction of sp³-hybridized carbons (Fsp3) is 0.211. The fourth-order valence-corrected chi connectivity index (χ4v) is 5.41. The van der Waals surface area contributed by atoms with Crippen LogP contribution < -0.4 is 0 Å². The van der Waals surface area contributed by atoms with E-state index in [0.717, 1.165) is 28.2 Å². The average molecular weight is 379 g/mol. The van der Waals surface area contributed by atoms with E-state index >= 15 is 0 Å². The van der Waals surface area contributed by atoms with Crippen molar-refractivity contribution >= 4 is 15.5 Å². The lowest BCUT2D eigenvalue weighted by Crippen LogP contribution is -2.11. The molecule has 0 N–H and O–H groups in total. The lowest BCUT2D eigenvalue weighted by molar-refractivity contribution is 0.559. The summed E-state index contributed by atoms with van der Waals surface area (Å²) >= 11 is 0. The molecule has 5 rings (SSSR count). The fourth-order valence-electron chi connectivity index (χ4n) is 3.70. The van der Waals surface area contributed by atoms with E-state index in [4.69, 9.17) is 0 Å². The minimum absolute atomic E-state index is 0.131. The van der Waals surface area contributed by atoms with Crippen LogP contribution in [0.3, 0.4) is 0 Å². The molecule has 136 valence electrons. The van der Waals surface area contributed by atoms with E-state index in [0.29, 0.717) is 6.42 Å². The normalized spacial score (nSPS) is 18.9. The molecule has 0 bridgehead atoms. The van der Waals surface area contributed by atoms with Crippen LogP contribution in [-0.2, 0) is 9.84 Å². The summed E-state index contributed by atoms with van der Waals surface area (Å²) in [5.74, 6) is 0.347. The predicted molar refractivity (Wildman–Crippen MR) is 102 cm³/mol. The van der Waals surface area contributed by atoms with E-state index in [-0.39, 0.29) is 17.5 Å². The van der Waals surface area contributed by atoms with Gasteiger partial charge in [0.05, 0.1) is 47.0 Å². The maximum atomic E-state index is 12.0. The smallest absolute Gasteiger partial charge is 0.164 e. The third kappa shape index (κ3) is 2.73. The maximum Gasteiger partial charge on any atom is 0.164 e. The van der Waals surface area contributed by atoms with Crippen molar-refractivity contribution in [3.63, 3.8) is 0 Å². The van der Waals surface area contributed by atoms with Gasteiger partial charge in [0.1, 0.15) is 0 Å². The molecule has 0 aliphatic carbocycles. The number of nitrogens with zero attached hydrogens (tertiary/aromatic N) is 5. The molecular formula is C19H17N5O2S. The first kappa shape index (κ1) is 16.2. The molecule has 0 unspecified atom stereocenters.